The third kappa shape index (κ3) is 11.8. The fourth-order valence-electron chi connectivity index (χ4n) is 1.05. The Hall–Kier alpha value is -0.160. The Morgan fingerprint density at radius 1 is 1.15 bits per heavy atom. The van der Waals surface area contributed by atoms with E-state index in [2.05, 4.69) is 5.32 Å². The molecule has 0 aliphatic heterocycles. The van der Waals surface area contributed by atoms with Crippen molar-refractivity contribution >= 4 is 0 Å². The Labute approximate surface area is 80.2 Å². The van der Waals surface area contributed by atoms with Gasteiger partial charge in [0.15, 0.2) is 0 Å². The van der Waals surface area contributed by atoms with Crippen molar-refractivity contribution in [2.45, 2.75) is 25.7 Å². The third-order valence-electron chi connectivity index (χ3n) is 1.73. The van der Waals surface area contributed by atoms with Crippen molar-refractivity contribution in [2.24, 2.45) is 0 Å². The van der Waals surface area contributed by atoms with Gasteiger partial charge in [0, 0.05) is 13.7 Å². The fraction of sp³-hybridized carbons (Fsp3) is 1.00. The molecular formula is C9H21NO3. The molecule has 0 fully saturated rings. The maximum absolute atomic E-state index is 8.32. The molecule has 0 radical (unpaired) electrons. The van der Waals surface area contributed by atoms with Gasteiger partial charge in [-0.15, -0.1) is 0 Å². The van der Waals surface area contributed by atoms with Crippen molar-refractivity contribution in [2.75, 3.05) is 33.8 Å². The van der Waals surface area contributed by atoms with E-state index in [9.17, 15) is 0 Å². The predicted octanol–water partition coefficient (Wildman–Crippen LogP) is 0.707. The number of methoxy groups -OCH3 is 1. The first-order chi connectivity index (χ1) is 6.41. The van der Waals surface area contributed by atoms with E-state index < -0.39 is 0 Å². The first kappa shape index (κ1) is 12.8. The molecule has 0 atom stereocenters. The molecule has 4 heteroatoms. The molecule has 0 aromatic carbocycles. The summed E-state index contributed by atoms with van der Waals surface area (Å²) in [6.07, 6.45) is 4.56. The number of unbranched alkanes of at least 4 members (excludes halogenated alkanes) is 3. The molecule has 0 bridgehead atoms. The number of hydrogen-bond acceptors (Lipinski definition) is 4. The molecule has 4 nitrogen and oxygen atoms in total. The van der Waals surface area contributed by atoms with Crippen molar-refractivity contribution in [3.63, 3.8) is 0 Å². The second-order valence-electron chi connectivity index (χ2n) is 2.88. The smallest absolute Gasteiger partial charge is 0.143 e. The second-order valence-corrected chi connectivity index (χ2v) is 2.88. The lowest BCUT2D eigenvalue weighted by Gasteiger charge is -2.03. The van der Waals surface area contributed by atoms with Gasteiger partial charge in [0.1, 0.15) is 6.79 Å². The van der Waals surface area contributed by atoms with Gasteiger partial charge in [-0.2, -0.15) is 0 Å². The van der Waals surface area contributed by atoms with Crippen molar-refractivity contribution in [3.05, 3.63) is 0 Å². The van der Waals surface area contributed by atoms with Gasteiger partial charge < -0.3 is 14.6 Å². The number of rotatable bonds is 10. The molecule has 0 saturated carbocycles. The van der Waals surface area contributed by atoms with Gasteiger partial charge in [-0.3, -0.25) is 5.32 Å². The van der Waals surface area contributed by atoms with Gasteiger partial charge in [0.05, 0.1) is 6.73 Å². The van der Waals surface area contributed by atoms with Crippen LogP contribution in [0.25, 0.3) is 0 Å². The van der Waals surface area contributed by atoms with Crippen LogP contribution in [0.2, 0.25) is 0 Å². The zero-order valence-electron chi connectivity index (χ0n) is 8.42. The van der Waals surface area contributed by atoms with E-state index in [1.807, 2.05) is 0 Å². The Balaban J connectivity index is 2.76. The molecule has 0 heterocycles. The minimum atomic E-state index is -0.157. The van der Waals surface area contributed by atoms with Crippen LogP contribution in [-0.4, -0.2) is 38.9 Å². The Morgan fingerprint density at radius 3 is 2.62 bits per heavy atom. The molecule has 0 spiro atoms. The standard InChI is InChI=1S/C9H21NO3/c1-12-8-10-6-4-2-3-5-7-13-9-11/h10-11H,2-9H2,1H3. The zero-order valence-corrected chi connectivity index (χ0v) is 8.42. The molecule has 80 valence electrons. The van der Waals surface area contributed by atoms with Crippen LogP contribution in [0.4, 0.5) is 0 Å². The van der Waals surface area contributed by atoms with Gasteiger partial charge in [-0.25, -0.2) is 0 Å². The Morgan fingerprint density at radius 2 is 1.92 bits per heavy atom. The van der Waals surface area contributed by atoms with Crippen LogP contribution in [0.5, 0.6) is 0 Å². The van der Waals surface area contributed by atoms with Crippen LogP contribution in [0, 0.1) is 0 Å². The lowest BCUT2D eigenvalue weighted by molar-refractivity contribution is -0.00283. The van der Waals surface area contributed by atoms with Crippen LogP contribution >= 0.6 is 0 Å². The van der Waals surface area contributed by atoms with E-state index in [0.717, 1.165) is 19.4 Å². The summed E-state index contributed by atoms with van der Waals surface area (Å²) in [5.74, 6) is 0. The number of aliphatic hydroxyl groups is 1. The van der Waals surface area contributed by atoms with Gasteiger partial charge in [0.2, 0.25) is 0 Å². The maximum Gasteiger partial charge on any atom is 0.143 e. The number of nitrogens with one attached hydrogen (secondary N) is 1. The quantitative estimate of drug-likeness (QED) is 0.394. The van der Waals surface area contributed by atoms with Crippen LogP contribution < -0.4 is 5.32 Å². The molecule has 0 aromatic rings. The SMILES string of the molecule is COCNCCCCCCOCO. The lowest BCUT2D eigenvalue weighted by atomic mass is 10.2. The highest BCUT2D eigenvalue weighted by Gasteiger charge is 1.90. The minimum Gasteiger partial charge on any atom is -0.371 e. The van der Waals surface area contributed by atoms with Gasteiger partial charge >= 0.3 is 0 Å². The molecule has 0 aliphatic carbocycles. The summed E-state index contributed by atoms with van der Waals surface area (Å²) < 4.78 is 9.64. The molecule has 0 aliphatic rings. The minimum absolute atomic E-state index is 0.157. The summed E-state index contributed by atoms with van der Waals surface area (Å²) >= 11 is 0. The molecule has 0 rings (SSSR count). The molecule has 0 amide bonds. The van der Waals surface area contributed by atoms with Gasteiger partial charge in [-0.05, 0) is 19.4 Å². The zero-order chi connectivity index (χ0) is 9.78. The highest BCUT2D eigenvalue weighted by atomic mass is 16.6. The number of aliphatic hydroxyl groups excluding tert-OH is 1. The molecule has 13 heavy (non-hydrogen) atoms. The van der Waals surface area contributed by atoms with Crippen molar-refractivity contribution in [1.29, 1.82) is 0 Å². The summed E-state index contributed by atoms with van der Waals surface area (Å²) in [6.45, 7) is 2.15. The molecule has 0 unspecified atom stereocenters. The van der Waals surface area contributed by atoms with E-state index in [0.29, 0.717) is 13.3 Å². The average Bonchev–Trinajstić information content (AvgIpc) is 2.16. The summed E-state index contributed by atoms with van der Waals surface area (Å²) in [7, 11) is 1.68. The van der Waals surface area contributed by atoms with Crippen molar-refractivity contribution in [1.82, 2.24) is 5.32 Å². The fourth-order valence-corrected chi connectivity index (χ4v) is 1.05. The first-order valence-corrected chi connectivity index (χ1v) is 4.80. The molecule has 2 N–H and O–H groups in total. The second kappa shape index (κ2) is 11.8. The van der Waals surface area contributed by atoms with Crippen LogP contribution in [-0.2, 0) is 9.47 Å². The largest absolute Gasteiger partial charge is 0.371 e. The predicted molar refractivity (Wildman–Crippen MR) is 51.4 cm³/mol. The Bertz CT molecular complexity index is 80.9. The number of hydrogen-bond donors (Lipinski definition) is 2. The molecule has 0 aromatic heterocycles. The third-order valence-corrected chi connectivity index (χ3v) is 1.73. The van der Waals surface area contributed by atoms with Gasteiger partial charge in [-0.1, -0.05) is 12.8 Å². The maximum atomic E-state index is 8.32. The van der Waals surface area contributed by atoms with Gasteiger partial charge in [0.25, 0.3) is 0 Å². The summed E-state index contributed by atoms with van der Waals surface area (Å²) in [5.41, 5.74) is 0. The monoisotopic (exact) mass is 191 g/mol. The molecular weight excluding hydrogens is 170 g/mol. The summed E-state index contributed by atoms with van der Waals surface area (Å²) in [5, 5.41) is 11.5. The van der Waals surface area contributed by atoms with E-state index in [1.54, 1.807) is 7.11 Å². The van der Waals surface area contributed by atoms with Crippen molar-refractivity contribution in [3.8, 4) is 0 Å². The van der Waals surface area contributed by atoms with E-state index in [4.69, 9.17) is 14.6 Å². The first-order valence-electron chi connectivity index (χ1n) is 4.80. The Kier molecular flexibility index (Phi) is 11.7. The lowest BCUT2D eigenvalue weighted by Crippen LogP contribution is -2.17. The number of ether oxygens (including phenoxy) is 2. The van der Waals surface area contributed by atoms with Crippen molar-refractivity contribution < 1.29 is 14.6 Å². The van der Waals surface area contributed by atoms with Crippen LogP contribution in [0.3, 0.4) is 0 Å². The summed E-state index contributed by atoms with van der Waals surface area (Å²) in [4.78, 5) is 0. The highest BCUT2D eigenvalue weighted by molar-refractivity contribution is 4.45. The van der Waals surface area contributed by atoms with E-state index in [-0.39, 0.29) is 6.79 Å². The average molecular weight is 191 g/mol. The van der Waals surface area contributed by atoms with Crippen LogP contribution in [0.1, 0.15) is 25.7 Å². The van der Waals surface area contributed by atoms with Crippen LogP contribution in [0.15, 0.2) is 0 Å². The van der Waals surface area contributed by atoms with E-state index >= 15 is 0 Å². The summed E-state index contributed by atoms with van der Waals surface area (Å²) in [6, 6.07) is 0. The topological polar surface area (TPSA) is 50.7 Å². The highest BCUT2D eigenvalue weighted by Crippen LogP contribution is 1.98. The molecule has 0 saturated heterocycles. The van der Waals surface area contributed by atoms with E-state index in [1.165, 1.54) is 12.8 Å². The normalized spacial score (nSPS) is 10.6.